The Hall–Kier alpha value is -3.25. The molecule has 0 spiro atoms. The molecule has 4 rings (SSSR count). The van der Waals surface area contributed by atoms with Crippen LogP contribution in [-0.4, -0.2) is 42.4 Å². The van der Waals surface area contributed by atoms with Crippen LogP contribution in [0.25, 0.3) is 11.1 Å². The number of amides is 1. The van der Waals surface area contributed by atoms with Gasteiger partial charge in [-0.25, -0.2) is 4.79 Å². The van der Waals surface area contributed by atoms with Crippen LogP contribution in [-0.2, 0) is 24.8 Å². The van der Waals surface area contributed by atoms with E-state index in [2.05, 4.69) is 17.4 Å². The molecule has 3 aromatic carbocycles. The maximum atomic E-state index is 14.5. The van der Waals surface area contributed by atoms with E-state index in [4.69, 9.17) is 18.8 Å². The quantitative estimate of drug-likeness (QED) is 0.190. The highest BCUT2D eigenvalue weighted by atomic mass is 31.2. The van der Waals surface area contributed by atoms with Crippen molar-refractivity contribution in [2.75, 3.05) is 13.2 Å². The predicted molar refractivity (Wildman–Crippen MR) is 160 cm³/mol. The number of alkyl carbamates (subject to hydrolysis) is 1. The van der Waals surface area contributed by atoms with Crippen molar-refractivity contribution in [3.8, 4) is 11.1 Å². The molecule has 212 valence electrons. The Kier molecular flexibility index (Phi) is 9.62. The maximum Gasteiger partial charge on any atom is 0.407 e. The summed E-state index contributed by atoms with van der Waals surface area (Å²) in [4.78, 5) is 18.3. The van der Waals surface area contributed by atoms with Gasteiger partial charge in [0.15, 0.2) is 5.78 Å². The SMILES string of the molecule is CCOP(=O)(OCC)[C@@H](N=C1c2ccccc2-c2ccccc21)[C@@H](CCc1ccccc1)NC(=O)OC(C)(C)C. The van der Waals surface area contributed by atoms with Crippen LogP contribution in [0.4, 0.5) is 4.79 Å². The van der Waals surface area contributed by atoms with Gasteiger partial charge in [0.2, 0.25) is 0 Å². The third-order valence-corrected chi connectivity index (χ3v) is 8.87. The van der Waals surface area contributed by atoms with Crippen LogP contribution < -0.4 is 5.32 Å². The molecule has 0 aromatic heterocycles. The summed E-state index contributed by atoms with van der Waals surface area (Å²) < 4.78 is 31.9. The summed E-state index contributed by atoms with van der Waals surface area (Å²) in [6.07, 6.45) is 0.453. The first kappa shape index (κ1) is 29.7. The van der Waals surface area contributed by atoms with E-state index in [9.17, 15) is 9.36 Å². The van der Waals surface area contributed by atoms with Crippen LogP contribution >= 0.6 is 7.60 Å². The molecule has 1 amide bonds. The minimum absolute atomic E-state index is 0.170. The molecule has 8 heteroatoms. The van der Waals surface area contributed by atoms with Gasteiger partial charge in [-0.3, -0.25) is 9.56 Å². The zero-order chi connectivity index (χ0) is 28.8. The number of nitrogens with one attached hydrogen (secondary N) is 1. The van der Waals surface area contributed by atoms with Gasteiger partial charge in [0.05, 0.1) is 25.0 Å². The Labute approximate surface area is 237 Å². The monoisotopic (exact) mass is 562 g/mol. The van der Waals surface area contributed by atoms with E-state index in [1.807, 2.05) is 66.7 Å². The molecule has 0 aliphatic heterocycles. The summed E-state index contributed by atoms with van der Waals surface area (Å²) in [5, 5.41) is 2.99. The second-order valence-electron chi connectivity index (χ2n) is 10.6. The summed E-state index contributed by atoms with van der Waals surface area (Å²) in [5.41, 5.74) is 5.07. The highest BCUT2D eigenvalue weighted by Gasteiger charge is 2.43. The molecule has 1 aliphatic rings. The molecular formula is C32H39N2O5P. The molecule has 0 radical (unpaired) electrons. The summed E-state index contributed by atoms with van der Waals surface area (Å²) in [6, 6.07) is 25.3. The van der Waals surface area contributed by atoms with Crippen molar-refractivity contribution < 1.29 is 23.1 Å². The van der Waals surface area contributed by atoms with Crippen molar-refractivity contribution in [2.45, 2.75) is 64.9 Å². The standard InChI is InChI=1S/C32H39N2O5P/c1-6-37-40(36,38-7-2)30(34-29-26-19-13-11-17-24(26)25-18-12-14-20-27(25)29)28(33-31(35)39-32(3,4)5)22-21-23-15-9-8-10-16-23/h8-20,28,30H,6-7,21-22H2,1-5H3,(H,33,35)/t28-,30-/m1/s1. The molecule has 1 N–H and O–H groups in total. The lowest BCUT2D eigenvalue weighted by molar-refractivity contribution is 0.0498. The number of ether oxygens (including phenoxy) is 1. The van der Waals surface area contributed by atoms with Crippen molar-refractivity contribution in [3.05, 3.63) is 95.6 Å². The zero-order valence-electron chi connectivity index (χ0n) is 23.9. The lowest BCUT2D eigenvalue weighted by atomic mass is 10.0. The van der Waals surface area contributed by atoms with E-state index in [1.54, 1.807) is 34.6 Å². The molecule has 40 heavy (non-hydrogen) atoms. The average Bonchev–Trinajstić information content (AvgIpc) is 3.23. The smallest absolute Gasteiger partial charge is 0.407 e. The summed E-state index contributed by atoms with van der Waals surface area (Å²) in [5.74, 6) is -1.02. The van der Waals surface area contributed by atoms with Crippen LogP contribution in [0.2, 0.25) is 0 Å². The summed E-state index contributed by atoms with van der Waals surface area (Å²) >= 11 is 0. The zero-order valence-corrected chi connectivity index (χ0v) is 24.8. The van der Waals surface area contributed by atoms with Gasteiger partial charge in [0.1, 0.15) is 5.60 Å². The first-order chi connectivity index (χ1) is 19.1. The molecule has 0 saturated carbocycles. The molecular weight excluding hydrogens is 523 g/mol. The molecule has 0 heterocycles. The topological polar surface area (TPSA) is 86.2 Å². The number of hydrogen-bond donors (Lipinski definition) is 1. The summed E-state index contributed by atoms with van der Waals surface area (Å²) in [7, 11) is -3.85. The van der Waals surface area contributed by atoms with Gasteiger partial charge in [0.25, 0.3) is 0 Å². The second kappa shape index (κ2) is 12.9. The van der Waals surface area contributed by atoms with Crippen molar-refractivity contribution in [3.63, 3.8) is 0 Å². The minimum atomic E-state index is -3.85. The number of carbonyl (C=O) groups excluding carboxylic acids is 1. The Bertz CT molecular complexity index is 1330. The first-order valence-corrected chi connectivity index (χ1v) is 15.5. The van der Waals surface area contributed by atoms with Crippen LogP contribution in [0, 0.1) is 0 Å². The number of aryl methyl sites for hydroxylation is 1. The van der Waals surface area contributed by atoms with E-state index in [-0.39, 0.29) is 13.2 Å². The highest BCUT2D eigenvalue weighted by molar-refractivity contribution is 7.54. The lowest BCUT2D eigenvalue weighted by Crippen LogP contribution is -2.45. The highest BCUT2D eigenvalue weighted by Crippen LogP contribution is 2.56. The fourth-order valence-electron chi connectivity index (χ4n) is 4.92. The molecule has 0 saturated heterocycles. The van der Waals surface area contributed by atoms with E-state index < -0.39 is 31.1 Å². The third kappa shape index (κ3) is 7.08. The average molecular weight is 563 g/mol. The normalized spacial score (nSPS) is 14.2. The fourth-order valence-corrected chi connectivity index (χ4v) is 6.94. The van der Waals surface area contributed by atoms with Crippen LogP contribution in [0.5, 0.6) is 0 Å². The molecule has 0 bridgehead atoms. The molecule has 0 unspecified atom stereocenters. The number of hydrogen-bond acceptors (Lipinski definition) is 6. The van der Waals surface area contributed by atoms with Crippen LogP contribution in [0.1, 0.15) is 57.7 Å². The number of rotatable bonds is 11. The second-order valence-corrected chi connectivity index (χ2v) is 12.8. The van der Waals surface area contributed by atoms with E-state index in [0.717, 1.165) is 27.8 Å². The van der Waals surface area contributed by atoms with Gasteiger partial charge in [-0.05, 0) is 64.2 Å². The van der Waals surface area contributed by atoms with Crippen molar-refractivity contribution in [1.82, 2.24) is 5.32 Å². The largest absolute Gasteiger partial charge is 0.444 e. The molecule has 0 fully saturated rings. The number of benzene rings is 3. The predicted octanol–water partition coefficient (Wildman–Crippen LogP) is 7.62. The van der Waals surface area contributed by atoms with Crippen LogP contribution in [0.3, 0.4) is 0 Å². The number of aliphatic imine (C=N–C) groups is 1. The number of fused-ring (bicyclic) bond motifs is 3. The van der Waals surface area contributed by atoms with E-state index >= 15 is 0 Å². The molecule has 3 aromatic rings. The van der Waals surface area contributed by atoms with Crippen LogP contribution in [0.15, 0.2) is 83.9 Å². The van der Waals surface area contributed by atoms with Gasteiger partial charge >= 0.3 is 13.7 Å². The first-order valence-electron chi connectivity index (χ1n) is 13.8. The van der Waals surface area contributed by atoms with Gasteiger partial charge in [-0.1, -0.05) is 78.9 Å². The molecule has 2 atom stereocenters. The van der Waals surface area contributed by atoms with E-state index in [1.165, 1.54) is 0 Å². The summed E-state index contributed by atoms with van der Waals surface area (Å²) in [6.45, 7) is 9.31. The minimum Gasteiger partial charge on any atom is -0.444 e. The van der Waals surface area contributed by atoms with E-state index in [0.29, 0.717) is 18.6 Å². The van der Waals surface area contributed by atoms with Crippen molar-refractivity contribution in [1.29, 1.82) is 0 Å². The molecule has 7 nitrogen and oxygen atoms in total. The van der Waals surface area contributed by atoms with Gasteiger partial charge < -0.3 is 19.1 Å². The van der Waals surface area contributed by atoms with Gasteiger partial charge in [0, 0.05) is 11.1 Å². The Balaban J connectivity index is 1.84. The third-order valence-electron chi connectivity index (χ3n) is 6.51. The van der Waals surface area contributed by atoms with Gasteiger partial charge in [-0.15, -0.1) is 0 Å². The molecule has 1 aliphatic carbocycles. The van der Waals surface area contributed by atoms with Crippen molar-refractivity contribution >= 4 is 19.4 Å². The van der Waals surface area contributed by atoms with Crippen molar-refractivity contribution in [2.24, 2.45) is 4.99 Å². The lowest BCUT2D eigenvalue weighted by Gasteiger charge is -2.32. The fraction of sp³-hybridized carbons (Fsp3) is 0.375. The number of nitrogens with zero attached hydrogens (tertiary/aromatic N) is 1. The van der Waals surface area contributed by atoms with Gasteiger partial charge in [-0.2, -0.15) is 0 Å². The maximum absolute atomic E-state index is 14.5. The Morgan fingerprint density at radius 2 is 1.32 bits per heavy atom. The number of carbonyl (C=O) groups is 1. The Morgan fingerprint density at radius 3 is 1.82 bits per heavy atom. The Morgan fingerprint density at radius 1 is 0.825 bits per heavy atom.